The highest BCUT2D eigenvalue weighted by atomic mass is 16.6. The van der Waals surface area contributed by atoms with Crippen LogP contribution in [0.5, 0.6) is 0 Å². The van der Waals surface area contributed by atoms with Crippen LogP contribution in [0.4, 0.5) is 0 Å². The number of carbonyl (C=O) groups excluding carboxylic acids is 6. The lowest BCUT2D eigenvalue weighted by Crippen LogP contribution is -2.68. The van der Waals surface area contributed by atoms with E-state index in [-0.39, 0.29) is 24.8 Å². The summed E-state index contributed by atoms with van der Waals surface area (Å²) >= 11 is 0. The van der Waals surface area contributed by atoms with Gasteiger partial charge in [-0.1, -0.05) is 41.5 Å². The van der Waals surface area contributed by atoms with E-state index in [1.54, 1.807) is 47.6 Å². The smallest absolute Gasteiger partial charge is 0.331 e. The maximum atomic E-state index is 14.5. The molecule has 1 N–H and O–H groups in total. The van der Waals surface area contributed by atoms with Crippen LogP contribution in [-0.4, -0.2) is 65.5 Å². The zero-order valence-corrected chi connectivity index (χ0v) is 27.6. The van der Waals surface area contributed by atoms with E-state index in [9.17, 15) is 33.9 Å². The van der Waals surface area contributed by atoms with E-state index < -0.39 is 93.9 Å². The first kappa shape index (κ1) is 35.1. The number of ketones is 2. The van der Waals surface area contributed by atoms with Crippen molar-refractivity contribution in [3.8, 4) is 0 Å². The fourth-order valence-electron chi connectivity index (χ4n) is 7.61. The topological polar surface area (TPSA) is 173 Å². The summed E-state index contributed by atoms with van der Waals surface area (Å²) in [5.41, 5.74) is -4.60. The van der Waals surface area contributed by atoms with Crippen molar-refractivity contribution in [2.75, 3.05) is 7.11 Å². The maximum Gasteiger partial charge on any atom is 0.331 e. The van der Waals surface area contributed by atoms with E-state index in [1.807, 2.05) is 0 Å². The molecule has 2 aliphatic carbocycles. The van der Waals surface area contributed by atoms with E-state index >= 15 is 0 Å². The molecule has 2 saturated carbocycles. The largest absolute Gasteiger partial charge is 0.472 e. The van der Waals surface area contributed by atoms with Crippen molar-refractivity contribution >= 4 is 35.4 Å². The fraction of sp³-hybridized carbons (Fsp3) is 0.647. The van der Waals surface area contributed by atoms with Crippen molar-refractivity contribution in [3.05, 3.63) is 35.8 Å². The lowest BCUT2D eigenvalue weighted by atomic mass is 9.52. The number of Topliss-reactive ketones (excluding diaryl/α,β-unsaturated/α-hetero) is 2. The molecule has 1 aliphatic heterocycles. The molecule has 1 aromatic rings. The average molecular weight is 645 g/mol. The Bertz CT molecular complexity index is 1420. The van der Waals surface area contributed by atoms with Gasteiger partial charge in [-0.3, -0.25) is 24.0 Å². The molecule has 252 valence electrons. The Labute approximate surface area is 268 Å². The summed E-state index contributed by atoms with van der Waals surface area (Å²) in [5.74, 6) is -8.04. The zero-order chi connectivity index (χ0) is 34.4. The molecule has 4 rings (SSSR count). The van der Waals surface area contributed by atoms with Crippen molar-refractivity contribution in [1.82, 2.24) is 0 Å². The first-order chi connectivity index (χ1) is 21.4. The Hall–Kier alpha value is -3.80. The Morgan fingerprint density at radius 2 is 1.83 bits per heavy atom. The molecular formula is C34H44O12. The van der Waals surface area contributed by atoms with E-state index in [1.165, 1.54) is 19.6 Å². The summed E-state index contributed by atoms with van der Waals surface area (Å²) in [5, 5.41) is 12.7. The minimum absolute atomic E-state index is 0.0769. The van der Waals surface area contributed by atoms with Crippen LogP contribution in [0.1, 0.15) is 85.8 Å². The number of fused-ring (bicyclic) bond motifs is 1. The lowest BCUT2D eigenvalue weighted by molar-refractivity contribution is -0.210. The molecule has 46 heavy (non-hydrogen) atoms. The standard InChI is InChI=1S/C34H44O12/c1-9-17(2)31(40)46-29-26(27(39)18(3)21(32(29,5)6)14-24(37)42-8)30(44-19(4)35)34(41)22-15-25(38)45-28(20-11-13-43-16-20)33(22,7)12-10-23(34)36/h11,13,15-18,21,26,28-30,41H,9-10,12,14H2,1-8H3/t17?,18-,21-,26?,28+,29-,30-,33-,34+/m1/s1. The molecule has 0 bridgehead atoms. The van der Waals surface area contributed by atoms with Gasteiger partial charge in [0.15, 0.2) is 17.5 Å². The zero-order valence-electron chi connectivity index (χ0n) is 27.6. The predicted octanol–water partition coefficient (Wildman–Crippen LogP) is 3.83. The highest BCUT2D eigenvalue weighted by molar-refractivity contribution is 5.98. The van der Waals surface area contributed by atoms with E-state index in [4.69, 9.17) is 23.4 Å². The molecule has 0 aromatic carbocycles. The van der Waals surface area contributed by atoms with Gasteiger partial charge < -0.3 is 28.5 Å². The number of cyclic esters (lactones) is 1. The van der Waals surface area contributed by atoms with Gasteiger partial charge in [-0.05, 0) is 30.4 Å². The van der Waals surface area contributed by atoms with E-state index in [2.05, 4.69) is 0 Å². The predicted molar refractivity (Wildman–Crippen MR) is 159 cm³/mol. The van der Waals surface area contributed by atoms with Crippen LogP contribution in [0.25, 0.3) is 0 Å². The summed E-state index contributed by atoms with van der Waals surface area (Å²) in [4.78, 5) is 80.2. The second kappa shape index (κ2) is 12.8. The molecule has 0 radical (unpaired) electrons. The molecule has 9 atom stereocenters. The molecule has 1 aromatic heterocycles. The van der Waals surface area contributed by atoms with Crippen LogP contribution in [0.15, 0.2) is 34.7 Å². The third kappa shape index (κ3) is 5.80. The Morgan fingerprint density at radius 1 is 1.15 bits per heavy atom. The molecule has 0 amide bonds. The van der Waals surface area contributed by atoms with Gasteiger partial charge in [0.1, 0.15) is 18.0 Å². The van der Waals surface area contributed by atoms with Crippen molar-refractivity contribution in [2.45, 2.75) is 98.1 Å². The fourth-order valence-corrected chi connectivity index (χ4v) is 7.61. The Morgan fingerprint density at radius 3 is 2.39 bits per heavy atom. The minimum Gasteiger partial charge on any atom is -0.472 e. The summed E-state index contributed by atoms with van der Waals surface area (Å²) in [6.45, 7) is 11.3. The maximum absolute atomic E-state index is 14.5. The molecule has 2 unspecified atom stereocenters. The SMILES string of the molecule is CCC(C)C(=O)O[C@@H]1C([C@@H](OC(C)=O)[C@@]2(O)C(=O)CC[C@]3(C)C2=CC(=O)O[C@H]3c2ccoc2)C(=O)[C@H](C)[C@@H](CC(=O)OC)C1(C)C. The summed E-state index contributed by atoms with van der Waals surface area (Å²) in [6.07, 6.45) is -0.230. The van der Waals surface area contributed by atoms with Crippen molar-refractivity contribution in [1.29, 1.82) is 0 Å². The lowest BCUT2D eigenvalue weighted by Gasteiger charge is -2.56. The monoisotopic (exact) mass is 644 g/mol. The van der Waals surface area contributed by atoms with Crippen molar-refractivity contribution in [3.63, 3.8) is 0 Å². The summed E-state index contributed by atoms with van der Waals surface area (Å²) in [6, 6.07) is 1.60. The van der Waals surface area contributed by atoms with Gasteiger partial charge in [0.25, 0.3) is 0 Å². The second-order valence-corrected chi connectivity index (χ2v) is 13.7. The minimum atomic E-state index is -2.69. The van der Waals surface area contributed by atoms with Gasteiger partial charge in [0, 0.05) is 48.2 Å². The summed E-state index contributed by atoms with van der Waals surface area (Å²) < 4.78 is 27.7. The third-order valence-corrected chi connectivity index (χ3v) is 10.5. The van der Waals surface area contributed by atoms with Gasteiger partial charge in [0.2, 0.25) is 0 Å². The number of ether oxygens (including phenoxy) is 4. The Kier molecular flexibility index (Phi) is 9.74. The highest BCUT2D eigenvalue weighted by Gasteiger charge is 2.68. The molecule has 12 nitrogen and oxygen atoms in total. The summed E-state index contributed by atoms with van der Waals surface area (Å²) in [7, 11) is 1.23. The normalized spacial score (nSPS) is 33.5. The van der Waals surface area contributed by atoms with Crippen LogP contribution in [0.2, 0.25) is 0 Å². The molecule has 0 spiro atoms. The number of carbonyl (C=O) groups is 6. The number of esters is 4. The van der Waals surface area contributed by atoms with E-state index in [0.717, 1.165) is 13.0 Å². The van der Waals surface area contributed by atoms with E-state index in [0.29, 0.717) is 12.0 Å². The van der Waals surface area contributed by atoms with Crippen LogP contribution >= 0.6 is 0 Å². The van der Waals surface area contributed by atoms with Gasteiger partial charge in [-0.25, -0.2) is 4.79 Å². The second-order valence-electron chi connectivity index (χ2n) is 13.7. The van der Waals surface area contributed by atoms with Gasteiger partial charge in [-0.2, -0.15) is 0 Å². The number of furan rings is 1. The Balaban J connectivity index is 1.95. The van der Waals surface area contributed by atoms with Crippen molar-refractivity contribution < 1.29 is 57.2 Å². The first-order valence-electron chi connectivity index (χ1n) is 15.6. The van der Waals surface area contributed by atoms with Crippen molar-refractivity contribution in [2.24, 2.45) is 34.5 Å². The molecular weight excluding hydrogens is 600 g/mol. The van der Waals surface area contributed by atoms with Crippen LogP contribution in [0.3, 0.4) is 0 Å². The van der Waals surface area contributed by atoms with Crippen LogP contribution in [0, 0.1) is 34.5 Å². The average Bonchev–Trinajstić information content (AvgIpc) is 3.54. The number of methoxy groups -OCH3 is 1. The third-order valence-electron chi connectivity index (χ3n) is 10.5. The quantitative estimate of drug-likeness (QED) is 0.305. The highest BCUT2D eigenvalue weighted by Crippen LogP contribution is 2.59. The van der Waals surface area contributed by atoms with Gasteiger partial charge in [0.05, 0.1) is 31.5 Å². The number of hydrogen-bond donors (Lipinski definition) is 1. The molecule has 0 saturated heterocycles. The number of aliphatic hydroxyl groups is 1. The number of hydrogen-bond acceptors (Lipinski definition) is 12. The molecule has 12 heteroatoms. The molecule has 2 fully saturated rings. The first-order valence-corrected chi connectivity index (χ1v) is 15.6. The number of rotatable bonds is 9. The van der Waals surface area contributed by atoms with Gasteiger partial charge >= 0.3 is 23.9 Å². The molecule has 2 heterocycles. The van der Waals surface area contributed by atoms with Crippen LogP contribution in [-0.2, 0) is 47.7 Å². The molecule has 3 aliphatic rings. The van der Waals surface area contributed by atoms with Crippen LogP contribution < -0.4 is 0 Å². The van der Waals surface area contributed by atoms with Gasteiger partial charge in [-0.15, -0.1) is 0 Å².